The molecular weight excluding hydrogens is 340 g/mol. The first-order chi connectivity index (χ1) is 12.5. The topological polar surface area (TPSA) is 98.4 Å². The van der Waals surface area contributed by atoms with Crippen LogP contribution in [-0.2, 0) is 4.74 Å². The summed E-state index contributed by atoms with van der Waals surface area (Å²) in [6.45, 7) is 1.65. The Morgan fingerprint density at radius 2 is 1.96 bits per heavy atom. The van der Waals surface area contributed by atoms with Crippen LogP contribution in [0.25, 0.3) is 22.1 Å². The summed E-state index contributed by atoms with van der Waals surface area (Å²) in [5.41, 5.74) is 0.696. The van der Waals surface area contributed by atoms with Crippen LogP contribution in [0.3, 0.4) is 0 Å². The van der Waals surface area contributed by atoms with E-state index >= 15 is 0 Å². The Morgan fingerprint density at radius 1 is 1.19 bits per heavy atom. The van der Waals surface area contributed by atoms with Crippen molar-refractivity contribution in [2.24, 2.45) is 0 Å². The van der Waals surface area contributed by atoms with E-state index in [1.165, 1.54) is 26.4 Å². The maximum atomic E-state index is 13.2. The molecule has 2 N–H and O–H groups in total. The second-order valence-electron chi connectivity index (χ2n) is 5.94. The predicted octanol–water partition coefficient (Wildman–Crippen LogP) is 3.23. The van der Waals surface area contributed by atoms with Gasteiger partial charge in [0.1, 0.15) is 22.5 Å². The third kappa shape index (κ3) is 2.07. The summed E-state index contributed by atoms with van der Waals surface area (Å²) in [6.07, 6.45) is -1.02. The minimum absolute atomic E-state index is 0.0353. The molecule has 3 aromatic rings. The molecule has 0 saturated heterocycles. The molecule has 0 aliphatic carbocycles. The lowest BCUT2D eigenvalue weighted by Crippen LogP contribution is -2.21. The van der Waals surface area contributed by atoms with Crippen molar-refractivity contribution in [3.8, 4) is 34.1 Å². The van der Waals surface area contributed by atoms with Crippen LogP contribution in [0.4, 0.5) is 0 Å². The highest BCUT2D eigenvalue weighted by Gasteiger charge is 2.34. The van der Waals surface area contributed by atoms with Gasteiger partial charge >= 0.3 is 0 Å². The molecule has 26 heavy (non-hydrogen) atoms. The number of hydrogen-bond acceptors (Lipinski definition) is 7. The fourth-order valence-corrected chi connectivity index (χ4v) is 3.22. The van der Waals surface area contributed by atoms with Crippen molar-refractivity contribution in [2.45, 2.75) is 13.2 Å². The molecule has 1 aromatic heterocycles. The van der Waals surface area contributed by atoms with E-state index in [0.717, 1.165) is 0 Å². The molecule has 7 heteroatoms. The quantitative estimate of drug-likeness (QED) is 0.727. The molecule has 0 amide bonds. The second-order valence-corrected chi connectivity index (χ2v) is 5.94. The molecule has 0 radical (unpaired) electrons. The lowest BCUT2D eigenvalue weighted by molar-refractivity contribution is -0.0727. The van der Waals surface area contributed by atoms with E-state index in [1.54, 1.807) is 19.1 Å². The van der Waals surface area contributed by atoms with Crippen LogP contribution in [0.2, 0.25) is 0 Å². The van der Waals surface area contributed by atoms with Gasteiger partial charge in [0.2, 0.25) is 5.43 Å². The zero-order valence-corrected chi connectivity index (χ0v) is 14.3. The van der Waals surface area contributed by atoms with Crippen molar-refractivity contribution in [2.75, 3.05) is 14.2 Å². The van der Waals surface area contributed by atoms with Gasteiger partial charge in [-0.2, -0.15) is 0 Å². The fraction of sp³-hybridized carbons (Fsp3) is 0.211. The van der Waals surface area contributed by atoms with E-state index in [9.17, 15) is 15.0 Å². The number of aromatic hydroxyl groups is 2. The van der Waals surface area contributed by atoms with E-state index in [-0.39, 0.29) is 39.5 Å². The smallest absolute Gasteiger partial charge is 0.260 e. The Kier molecular flexibility index (Phi) is 3.55. The number of para-hydroxylation sites is 1. The first-order valence-corrected chi connectivity index (χ1v) is 7.87. The van der Waals surface area contributed by atoms with Crippen LogP contribution < -0.4 is 14.9 Å². The molecule has 0 spiro atoms. The van der Waals surface area contributed by atoms with Crippen LogP contribution in [0.1, 0.15) is 17.6 Å². The minimum atomic E-state index is -1.02. The summed E-state index contributed by atoms with van der Waals surface area (Å²) in [7, 11) is 2.86. The number of phenols is 2. The van der Waals surface area contributed by atoms with Gasteiger partial charge in [0, 0.05) is 24.3 Å². The normalized spacial score (nSPS) is 15.3. The van der Waals surface area contributed by atoms with Crippen LogP contribution >= 0.6 is 0 Å². The summed E-state index contributed by atoms with van der Waals surface area (Å²) < 4.78 is 22.0. The zero-order valence-electron chi connectivity index (χ0n) is 14.3. The number of fused-ring (bicyclic) bond motifs is 4. The predicted molar refractivity (Wildman–Crippen MR) is 92.9 cm³/mol. The first kappa shape index (κ1) is 16.3. The molecular formula is C19H16O7. The van der Waals surface area contributed by atoms with Crippen molar-refractivity contribution in [3.05, 3.63) is 45.8 Å². The fourth-order valence-electron chi connectivity index (χ4n) is 3.22. The maximum Gasteiger partial charge on any atom is 0.260 e. The van der Waals surface area contributed by atoms with Gasteiger partial charge in [0.05, 0.1) is 12.7 Å². The van der Waals surface area contributed by atoms with E-state index in [4.69, 9.17) is 18.6 Å². The van der Waals surface area contributed by atoms with Crippen LogP contribution in [0, 0.1) is 6.92 Å². The van der Waals surface area contributed by atoms with Crippen molar-refractivity contribution >= 4 is 11.0 Å². The van der Waals surface area contributed by atoms with Gasteiger partial charge in [0.15, 0.2) is 17.3 Å². The van der Waals surface area contributed by atoms with Gasteiger partial charge in [-0.05, 0) is 13.0 Å². The minimum Gasteiger partial charge on any atom is -0.507 e. The largest absolute Gasteiger partial charge is 0.507 e. The highest BCUT2D eigenvalue weighted by Crippen LogP contribution is 2.47. The van der Waals surface area contributed by atoms with Gasteiger partial charge in [-0.1, -0.05) is 12.1 Å². The van der Waals surface area contributed by atoms with Crippen LogP contribution in [-0.4, -0.2) is 24.4 Å². The van der Waals surface area contributed by atoms with Crippen LogP contribution in [0.15, 0.2) is 33.5 Å². The Morgan fingerprint density at radius 3 is 2.65 bits per heavy atom. The second kappa shape index (κ2) is 5.67. The number of hydrogen-bond donors (Lipinski definition) is 2. The zero-order chi connectivity index (χ0) is 18.6. The molecule has 1 aliphatic heterocycles. The molecule has 1 atom stereocenters. The molecule has 2 aromatic carbocycles. The molecule has 0 fully saturated rings. The summed E-state index contributed by atoms with van der Waals surface area (Å²) in [5, 5.41) is 20.6. The number of ether oxygens (including phenoxy) is 3. The number of benzene rings is 2. The Balaban J connectivity index is 2.17. The molecule has 7 nitrogen and oxygen atoms in total. The van der Waals surface area contributed by atoms with Crippen molar-refractivity contribution < 1.29 is 28.8 Å². The average molecular weight is 356 g/mol. The summed E-state index contributed by atoms with van der Waals surface area (Å²) in [5.74, 6) is 0.348. The Hall–Kier alpha value is -3.19. The van der Waals surface area contributed by atoms with Gasteiger partial charge in [0.25, 0.3) is 6.29 Å². The lowest BCUT2D eigenvalue weighted by Gasteiger charge is -2.26. The number of methoxy groups -OCH3 is 2. The standard InChI is InChI=1S/C19H16O7/c1-8-11(23-2)7-12-14(15(8)21)16(22)13-9-5-4-6-10(20)17(9)26-19(24-3)18(13)25-12/h4-7,19-21H,1-3H3/t19-/m0/s1. The highest BCUT2D eigenvalue weighted by atomic mass is 16.7. The number of rotatable bonds is 2. The number of phenolic OH excluding ortho intramolecular Hbond substituents is 2. The summed E-state index contributed by atoms with van der Waals surface area (Å²) >= 11 is 0. The molecule has 0 unspecified atom stereocenters. The summed E-state index contributed by atoms with van der Waals surface area (Å²) in [6, 6.07) is 6.22. The Labute approximate surface area is 148 Å². The maximum absolute atomic E-state index is 13.2. The van der Waals surface area contributed by atoms with Crippen molar-refractivity contribution in [3.63, 3.8) is 0 Å². The average Bonchev–Trinajstić information content (AvgIpc) is 2.64. The highest BCUT2D eigenvalue weighted by molar-refractivity contribution is 5.92. The van der Waals surface area contributed by atoms with Crippen LogP contribution in [0.5, 0.6) is 23.0 Å². The molecule has 4 rings (SSSR count). The van der Waals surface area contributed by atoms with Gasteiger partial charge in [-0.25, -0.2) is 0 Å². The van der Waals surface area contributed by atoms with Gasteiger partial charge in [-0.15, -0.1) is 0 Å². The van der Waals surface area contributed by atoms with E-state index in [1.807, 2.05) is 0 Å². The lowest BCUT2D eigenvalue weighted by atomic mass is 9.97. The third-order valence-electron chi connectivity index (χ3n) is 4.53. The van der Waals surface area contributed by atoms with Gasteiger partial charge in [-0.3, -0.25) is 4.79 Å². The monoisotopic (exact) mass is 356 g/mol. The van der Waals surface area contributed by atoms with E-state index < -0.39 is 11.7 Å². The summed E-state index contributed by atoms with van der Waals surface area (Å²) in [4.78, 5) is 13.2. The Bertz CT molecular complexity index is 1100. The molecule has 134 valence electrons. The third-order valence-corrected chi connectivity index (χ3v) is 4.53. The first-order valence-electron chi connectivity index (χ1n) is 7.87. The van der Waals surface area contributed by atoms with E-state index in [0.29, 0.717) is 16.9 Å². The molecule has 2 heterocycles. The SMILES string of the molecule is COc1cc2oc3c(c(=O)c2c(O)c1C)-c1cccc(O)c1O[C@@H]3OC. The molecule has 1 aliphatic rings. The van der Waals surface area contributed by atoms with Crippen molar-refractivity contribution in [1.82, 2.24) is 0 Å². The van der Waals surface area contributed by atoms with Gasteiger partial charge < -0.3 is 28.8 Å². The van der Waals surface area contributed by atoms with E-state index in [2.05, 4.69) is 0 Å². The van der Waals surface area contributed by atoms with Crippen molar-refractivity contribution in [1.29, 1.82) is 0 Å². The molecule has 0 saturated carbocycles. The molecule has 0 bridgehead atoms.